The van der Waals surface area contributed by atoms with E-state index in [0.717, 1.165) is 19.9 Å². The molecule has 0 saturated carbocycles. The number of benzene rings is 4. The molecule has 1 N–H and O–H groups in total. The average molecular weight is 709 g/mol. The monoisotopic (exact) mass is 707 g/mol. The number of carbonyl (C=O) groups is 2. The number of sulfonamides is 1. The third kappa shape index (κ3) is 8.67. The van der Waals surface area contributed by atoms with E-state index < -0.39 is 28.5 Å². The Morgan fingerprint density at radius 2 is 1.41 bits per heavy atom. The smallest absolute Gasteiger partial charge is 0.264 e. The van der Waals surface area contributed by atoms with Gasteiger partial charge >= 0.3 is 0 Å². The van der Waals surface area contributed by atoms with Gasteiger partial charge in [-0.3, -0.25) is 13.9 Å². The Bertz CT molecular complexity index is 1720. The Morgan fingerprint density at radius 1 is 0.804 bits per heavy atom. The van der Waals surface area contributed by atoms with Crippen LogP contribution in [0.2, 0.25) is 0 Å². The second-order valence-electron chi connectivity index (χ2n) is 10.9. The molecule has 0 radical (unpaired) electrons. The van der Waals surface area contributed by atoms with Crippen molar-refractivity contribution >= 4 is 43.5 Å². The molecule has 0 fully saturated rings. The van der Waals surface area contributed by atoms with E-state index in [-0.39, 0.29) is 35.6 Å². The van der Waals surface area contributed by atoms with Crippen LogP contribution in [0.1, 0.15) is 25.0 Å². The standard InChI is InChI=1S/C35H38BrN3O6S/c1-25(2)37-35(41)31(21-26-11-7-5-8-12-26)38(23-27-15-17-28(36)18-16-27)34(40)24-39(29-13-9-6-10-14-29)46(42,43)30-19-20-32(44-3)33(22-30)45-4/h5-20,22,25,31H,21,23-24H2,1-4H3,(H,37,41)/t31-/m0/s1. The molecule has 0 aromatic heterocycles. The lowest BCUT2D eigenvalue weighted by Crippen LogP contribution is -2.54. The Kier molecular flexibility index (Phi) is 11.8. The lowest BCUT2D eigenvalue weighted by molar-refractivity contribution is -0.140. The summed E-state index contributed by atoms with van der Waals surface area (Å²) in [4.78, 5) is 29.7. The van der Waals surface area contributed by atoms with Crippen molar-refractivity contribution in [2.24, 2.45) is 0 Å². The topological polar surface area (TPSA) is 105 Å². The van der Waals surface area contributed by atoms with Gasteiger partial charge in [0.1, 0.15) is 12.6 Å². The molecule has 4 aromatic rings. The van der Waals surface area contributed by atoms with Crippen molar-refractivity contribution in [2.75, 3.05) is 25.1 Å². The minimum absolute atomic E-state index is 0.0775. The summed E-state index contributed by atoms with van der Waals surface area (Å²) >= 11 is 3.45. The van der Waals surface area contributed by atoms with E-state index in [9.17, 15) is 18.0 Å². The summed E-state index contributed by atoms with van der Waals surface area (Å²) in [5, 5.41) is 2.96. The lowest BCUT2D eigenvalue weighted by atomic mass is 10.0. The highest BCUT2D eigenvalue weighted by atomic mass is 79.9. The summed E-state index contributed by atoms with van der Waals surface area (Å²) in [5.74, 6) is -0.286. The molecule has 0 aliphatic rings. The minimum Gasteiger partial charge on any atom is -0.493 e. The van der Waals surface area contributed by atoms with Crippen molar-refractivity contribution in [1.82, 2.24) is 10.2 Å². The molecule has 1 atom stereocenters. The van der Waals surface area contributed by atoms with E-state index >= 15 is 0 Å². The van der Waals surface area contributed by atoms with E-state index in [4.69, 9.17) is 9.47 Å². The van der Waals surface area contributed by atoms with Crippen LogP contribution in [-0.2, 0) is 32.6 Å². The van der Waals surface area contributed by atoms with Crippen molar-refractivity contribution < 1.29 is 27.5 Å². The minimum atomic E-state index is -4.30. The first kappa shape index (κ1) is 34.5. The molecular weight excluding hydrogens is 670 g/mol. The number of nitrogens with one attached hydrogen (secondary N) is 1. The van der Waals surface area contributed by atoms with Gasteiger partial charge in [-0.05, 0) is 61.4 Å². The number of anilines is 1. The van der Waals surface area contributed by atoms with Gasteiger partial charge in [-0.2, -0.15) is 0 Å². The van der Waals surface area contributed by atoms with Crippen molar-refractivity contribution in [1.29, 1.82) is 0 Å². The first-order chi connectivity index (χ1) is 22.0. The van der Waals surface area contributed by atoms with Crippen LogP contribution in [0.5, 0.6) is 11.5 Å². The zero-order chi connectivity index (χ0) is 33.3. The van der Waals surface area contributed by atoms with E-state index in [1.54, 1.807) is 30.3 Å². The number of nitrogens with zero attached hydrogens (tertiary/aromatic N) is 2. The van der Waals surface area contributed by atoms with E-state index in [1.807, 2.05) is 68.4 Å². The molecular formula is C35H38BrN3O6S. The highest BCUT2D eigenvalue weighted by Crippen LogP contribution is 2.32. The molecule has 0 heterocycles. The second kappa shape index (κ2) is 15.8. The molecule has 0 spiro atoms. The summed E-state index contributed by atoms with van der Waals surface area (Å²) in [7, 11) is -1.42. The fourth-order valence-corrected chi connectivity index (χ4v) is 6.64. The fraction of sp³-hybridized carbons (Fsp3) is 0.257. The number of amides is 2. The second-order valence-corrected chi connectivity index (χ2v) is 13.7. The summed E-state index contributed by atoms with van der Waals surface area (Å²) in [6.45, 7) is 3.22. The Hall–Kier alpha value is -4.35. The van der Waals surface area contributed by atoms with Gasteiger partial charge in [0.05, 0.1) is 24.8 Å². The van der Waals surface area contributed by atoms with Gasteiger partial charge in [0.2, 0.25) is 11.8 Å². The van der Waals surface area contributed by atoms with Gasteiger partial charge < -0.3 is 19.7 Å². The van der Waals surface area contributed by atoms with Crippen LogP contribution in [0.3, 0.4) is 0 Å². The molecule has 2 amide bonds. The zero-order valence-corrected chi connectivity index (χ0v) is 28.6. The predicted molar refractivity (Wildman–Crippen MR) is 182 cm³/mol. The molecule has 0 bridgehead atoms. The first-order valence-corrected chi connectivity index (χ1v) is 16.9. The fourth-order valence-electron chi connectivity index (χ4n) is 4.95. The molecule has 4 rings (SSSR count). The number of rotatable bonds is 14. The van der Waals surface area contributed by atoms with Crippen molar-refractivity contribution in [3.63, 3.8) is 0 Å². The van der Waals surface area contributed by atoms with Crippen LogP contribution in [0.15, 0.2) is 112 Å². The zero-order valence-electron chi connectivity index (χ0n) is 26.2. The quantitative estimate of drug-likeness (QED) is 0.177. The van der Waals surface area contributed by atoms with Crippen molar-refractivity contribution in [2.45, 2.75) is 43.8 Å². The van der Waals surface area contributed by atoms with Crippen LogP contribution >= 0.6 is 15.9 Å². The van der Waals surface area contributed by atoms with Gasteiger partial charge in [0, 0.05) is 29.5 Å². The SMILES string of the molecule is COc1ccc(S(=O)(=O)N(CC(=O)N(Cc2ccc(Br)cc2)[C@@H](Cc2ccccc2)C(=O)NC(C)C)c2ccccc2)cc1OC. The normalized spacial score (nSPS) is 11.9. The number of hydrogen-bond acceptors (Lipinski definition) is 6. The molecule has 0 unspecified atom stereocenters. The third-order valence-electron chi connectivity index (χ3n) is 7.23. The number of ether oxygens (including phenoxy) is 2. The van der Waals surface area contributed by atoms with E-state index in [2.05, 4.69) is 21.2 Å². The van der Waals surface area contributed by atoms with Crippen LogP contribution < -0.4 is 19.1 Å². The molecule has 0 saturated heterocycles. The lowest BCUT2D eigenvalue weighted by Gasteiger charge is -2.34. The summed E-state index contributed by atoms with van der Waals surface area (Å²) < 4.78 is 41.1. The number of carbonyl (C=O) groups excluding carboxylic acids is 2. The maximum absolute atomic E-state index is 14.5. The Balaban J connectivity index is 1.80. The van der Waals surface area contributed by atoms with Crippen molar-refractivity contribution in [3.05, 3.63) is 119 Å². The predicted octanol–water partition coefficient (Wildman–Crippen LogP) is 5.83. The van der Waals surface area contributed by atoms with Crippen LogP contribution in [0, 0.1) is 0 Å². The number of methoxy groups -OCH3 is 2. The summed E-state index contributed by atoms with van der Waals surface area (Å²) in [6.07, 6.45) is 0.232. The summed E-state index contributed by atoms with van der Waals surface area (Å²) in [6, 6.07) is 28.4. The van der Waals surface area contributed by atoms with Crippen molar-refractivity contribution in [3.8, 4) is 11.5 Å². The first-order valence-electron chi connectivity index (χ1n) is 14.7. The highest BCUT2D eigenvalue weighted by molar-refractivity contribution is 9.10. The highest BCUT2D eigenvalue weighted by Gasteiger charge is 2.35. The van der Waals surface area contributed by atoms with Gasteiger partial charge in [0.15, 0.2) is 11.5 Å². The van der Waals surface area contributed by atoms with Crippen LogP contribution in [0.4, 0.5) is 5.69 Å². The molecule has 0 aliphatic carbocycles. The van der Waals surface area contributed by atoms with Crippen LogP contribution in [-0.4, -0.2) is 58.0 Å². The van der Waals surface area contributed by atoms with Gasteiger partial charge in [0.25, 0.3) is 10.0 Å². The number of hydrogen-bond donors (Lipinski definition) is 1. The summed E-state index contributed by atoms with van der Waals surface area (Å²) in [5.41, 5.74) is 1.93. The third-order valence-corrected chi connectivity index (χ3v) is 9.53. The maximum Gasteiger partial charge on any atom is 0.264 e. The molecule has 46 heavy (non-hydrogen) atoms. The molecule has 0 aliphatic heterocycles. The number of para-hydroxylation sites is 1. The molecule has 242 valence electrons. The molecule has 4 aromatic carbocycles. The largest absolute Gasteiger partial charge is 0.493 e. The Labute approximate surface area is 279 Å². The molecule has 11 heteroatoms. The van der Waals surface area contributed by atoms with E-state index in [1.165, 1.54) is 37.3 Å². The van der Waals surface area contributed by atoms with Gasteiger partial charge in [-0.15, -0.1) is 0 Å². The van der Waals surface area contributed by atoms with E-state index in [0.29, 0.717) is 11.4 Å². The van der Waals surface area contributed by atoms with Gasteiger partial charge in [-0.25, -0.2) is 8.42 Å². The van der Waals surface area contributed by atoms with Crippen LogP contribution in [0.25, 0.3) is 0 Å². The maximum atomic E-state index is 14.5. The molecule has 9 nitrogen and oxygen atoms in total. The Morgan fingerprint density at radius 3 is 2.00 bits per heavy atom. The average Bonchev–Trinajstić information content (AvgIpc) is 3.06. The number of halogens is 1. The van der Waals surface area contributed by atoms with Gasteiger partial charge in [-0.1, -0.05) is 76.6 Å².